The number of methoxy groups -OCH3 is 2. The minimum atomic E-state index is -0.344. The van der Waals surface area contributed by atoms with E-state index in [0.717, 1.165) is 10.5 Å². The van der Waals surface area contributed by atoms with E-state index < -0.39 is 0 Å². The van der Waals surface area contributed by atoms with E-state index in [4.69, 9.17) is 9.47 Å². The summed E-state index contributed by atoms with van der Waals surface area (Å²) < 4.78 is 10.4. The smallest absolute Gasteiger partial charge is 0.266 e. The van der Waals surface area contributed by atoms with E-state index in [2.05, 4.69) is 0 Å². The van der Waals surface area contributed by atoms with Gasteiger partial charge in [-0.3, -0.25) is 9.59 Å². The number of nitrogens with zero attached hydrogens (tertiary/aromatic N) is 1. The molecular weight excluding hydrogens is 282 g/mol. The molecule has 1 aliphatic heterocycles. The van der Waals surface area contributed by atoms with Crippen LogP contribution in [0.1, 0.15) is 26.3 Å². The largest absolute Gasteiger partial charge is 0.497 e. The molecule has 0 saturated carbocycles. The van der Waals surface area contributed by atoms with Crippen LogP contribution in [-0.2, 0) is 0 Å². The first-order chi connectivity index (χ1) is 10.6. The van der Waals surface area contributed by atoms with Crippen LogP contribution in [0.15, 0.2) is 36.4 Å². The van der Waals surface area contributed by atoms with Crippen molar-refractivity contribution in [2.75, 3.05) is 19.1 Å². The standard InChI is InChI=1S/C17H15NO4/c1-10-4-6-12-13(8-10)17(20)18(16(12)19)14-7-5-11(21-2)9-15(14)22-3/h4-9H,1-3H3. The number of hydrogen-bond acceptors (Lipinski definition) is 4. The Morgan fingerprint density at radius 1 is 0.864 bits per heavy atom. The highest BCUT2D eigenvalue weighted by Gasteiger charge is 2.38. The summed E-state index contributed by atoms with van der Waals surface area (Å²) in [6, 6.07) is 10.2. The lowest BCUT2D eigenvalue weighted by Crippen LogP contribution is -2.29. The number of ether oxygens (including phenoxy) is 2. The van der Waals surface area contributed by atoms with Gasteiger partial charge >= 0.3 is 0 Å². The fourth-order valence-corrected chi connectivity index (χ4v) is 2.54. The number of fused-ring (bicyclic) bond motifs is 1. The van der Waals surface area contributed by atoms with Gasteiger partial charge in [-0.2, -0.15) is 0 Å². The van der Waals surface area contributed by atoms with Gasteiger partial charge in [0.05, 0.1) is 31.0 Å². The number of carbonyl (C=O) groups is 2. The first kappa shape index (κ1) is 14.1. The summed E-state index contributed by atoms with van der Waals surface area (Å²) in [5.74, 6) is 0.314. The molecule has 2 amide bonds. The van der Waals surface area contributed by atoms with Crippen LogP contribution in [0, 0.1) is 6.92 Å². The number of aryl methyl sites for hydroxylation is 1. The highest BCUT2D eigenvalue weighted by Crippen LogP contribution is 2.37. The second-order valence-corrected chi connectivity index (χ2v) is 5.03. The van der Waals surface area contributed by atoms with E-state index in [0.29, 0.717) is 28.3 Å². The highest BCUT2D eigenvalue weighted by molar-refractivity contribution is 6.34. The molecule has 0 N–H and O–H groups in total. The molecule has 5 heteroatoms. The Labute approximate surface area is 128 Å². The van der Waals surface area contributed by atoms with Crippen molar-refractivity contribution < 1.29 is 19.1 Å². The molecule has 0 aromatic heterocycles. The highest BCUT2D eigenvalue weighted by atomic mass is 16.5. The first-order valence-corrected chi connectivity index (χ1v) is 6.78. The van der Waals surface area contributed by atoms with Crippen LogP contribution in [0.5, 0.6) is 11.5 Å². The van der Waals surface area contributed by atoms with Gasteiger partial charge in [0.2, 0.25) is 0 Å². The van der Waals surface area contributed by atoms with Gasteiger partial charge < -0.3 is 9.47 Å². The van der Waals surface area contributed by atoms with Crippen LogP contribution in [0.3, 0.4) is 0 Å². The molecule has 112 valence electrons. The molecule has 0 atom stereocenters. The number of hydrogen-bond donors (Lipinski definition) is 0. The van der Waals surface area contributed by atoms with Gasteiger partial charge in [-0.25, -0.2) is 4.90 Å². The molecule has 3 rings (SSSR count). The molecular formula is C17H15NO4. The molecule has 22 heavy (non-hydrogen) atoms. The van der Waals surface area contributed by atoms with E-state index in [1.54, 1.807) is 37.4 Å². The van der Waals surface area contributed by atoms with Gasteiger partial charge in [0, 0.05) is 6.07 Å². The zero-order valence-electron chi connectivity index (χ0n) is 12.5. The maximum absolute atomic E-state index is 12.6. The van der Waals surface area contributed by atoms with Crippen molar-refractivity contribution in [1.29, 1.82) is 0 Å². The molecule has 2 aromatic rings. The molecule has 5 nitrogen and oxygen atoms in total. The van der Waals surface area contributed by atoms with E-state index >= 15 is 0 Å². The van der Waals surface area contributed by atoms with E-state index in [1.807, 2.05) is 13.0 Å². The van der Waals surface area contributed by atoms with E-state index in [1.165, 1.54) is 7.11 Å². The SMILES string of the molecule is COc1ccc(N2C(=O)c3ccc(C)cc3C2=O)c(OC)c1. The lowest BCUT2D eigenvalue weighted by Gasteiger charge is -2.17. The van der Waals surface area contributed by atoms with Gasteiger partial charge in [-0.15, -0.1) is 0 Å². The lowest BCUT2D eigenvalue weighted by molar-refractivity contribution is 0.0925. The molecule has 0 radical (unpaired) electrons. The van der Waals surface area contributed by atoms with Gasteiger partial charge in [-0.05, 0) is 31.2 Å². The number of benzene rings is 2. The average Bonchev–Trinajstić information content (AvgIpc) is 2.77. The number of amides is 2. The third-order valence-electron chi connectivity index (χ3n) is 3.67. The van der Waals surface area contributed by atoms with Crippen molar-refractivity contribution in [3.63, 3.8) is 0 Å². The molecule has 0 unspecified atom stereocenters. The Morgan fingerprint density at radius 2 is 1.59 bits per heavy atom. The molecule has 0 fully saturated rings. The summed E-state index contributed by atoms with van der Waals surface area (Å²) in [5, 5.41) is 0. The van der Waals surface area contributed by atoms with Crippen molar-refractivity contribution >= 4 is 17.5 Å². The van der Waals surface area contributed by atoms with Crippen molar-refractivity contribution in [1.82, 2.24) is 0 Å². The molecule has 0 saturated heterocycles. The molecule has 0 spiro atoms. The second-order valence-electron chi connectivity index (χ2n) is 5.03. The topological polar surface area (TPSA) is 55.8 Å². The summed E-state index contributed by atoms with van der Waals surface area (Å²) >= 11 is 0. The second kappa shape index (κ2) is 5.18. The Balaban J connectivity index is 2.11. The van der Waals surface area contributed by atoms with Crippen molar-refractivity contribution in [2.24, 2.45) is 0 Å². The summed E-state index contributed by atoms with van der Waals surface area (Å²) in [6.45, 7) is 1.88. The third kappa shape index (κ3) is 2.02. The molecule has 1 aliphatic rings. The van der Waals surface area contributed by atoms with Crippen molar-refractivity contribution in [3.05, 3.63) is 53.1 Å². The molecule has 0 aliphatic carbocycles. The van der Waals surface area contributed by atoms with Gasteiger partial charge in [0.25, 0.3) is 11.8 Å². The number of carbonyl (C=O) groups excluding carboxylic acids is 2. The van der Waals surface area contributed by atoms with Gasteiger partial charge in [-0.1, -0.05) is 11.6 Å². The van der Waals surface area contributed by atoms with E-state index in [-0.39, 0.29) is 11.8 Å². The predicted molar refractivity (Wildman–Crippen MR) is 81.9 cm³/mol. The molecule has 2 aromatic carbocycles. The number of rotatable bonds is 3. The quantitative estimate of drug-likeness (QED) is 0.817. The summed E-state index contributed by atoms with van der Waals surface area (Å²) in [6.07, 6.45) is 0. The Bertz CT molecular complexity index is 782. The normalized spacial score (nSPS) is 13.3. The predicted octanol–water partition coefficient (Wildman–Crippen LogP) is 2.81. The van der Waals surface area contributed by atoms with Crippen LogP contribution in [-0.4, -0.2) is 26.0 Å². The maximum atomic E-state index is 12.6. The monoisotopic (exact) mass is 297 g/mol. The van der Waals surface area contributed by atoms with Crippen LogP contribution < -0.4 is 14.4 Å². The van der Waals surface area contributed by atoms with E-state index in [9.17, 15) is 9.59 Å². The first-order valence-electron chi connectivity index (χ1n) is 6.78. The lowest BCUT2D eigenvalue weighted by atomic mass is 10.1. The summed E-state index contributed by atoms with van der Waals surface area (Å²) in [7, 11) is 3.03. The van der Waals surface area contributed by atoms with Crippen molar-refractivity contribution in [3.8, 4) is 11.5 Å². The zero-order valence-corrected chi connectivity index (χ0v) is 12.5. The molecule has 0 bridgehead atoms. The zero-order chi connectivity index (χ0) is 15.9. The Morgan fingerprint density at radius 3 is 2.27 bits per heavy atom. The summed E-state index contributed by atoms with van der Waals surface area (Å²) in [5.41, 5.74) is 2.17. The molecule has 1 heterocycles. The van der Waals surface area contributed by atoms with Crippen LogP contribution in [0.25, 0.3) is 0 Å². The Kier molecular flexibility index (Phi) is 3.33. The van der Waals surface area contributed by atoms with Gasteiger partial charge in [0.15, 0.2) is 0 Å². The fraction of sp³-hybridized carbons (Fsp3) is 0.176. The van der Waals surface area contributed by atoms with Gasteiger partial charge in [0.1, 0.15) is 11.5 Å². The number of anilines is 1. The minimum absolute atomic E-state index is 0.341. The van der Waals surface area contributed by atoms with Crippen LogP contribution in [0.4, 0.5) is 5.69 Å². The third-order valence-corrected chi connectivity index (χ3v) is 3.67. The van der Waals surface area contributed by atoms with Crippen molar-refractivity contribution in [2.45, 2.75) is 6.92 Å². The average molecular weight is 297 g/mol. The minimum Gasteiger partial charge on any atom is -0.497 e. The van der Waals surface area contributed by atoms with Crippen LogP contribution >= 0.6 is 0 Å². The van der Waals surface area contributed by atoms with Crippen LogP contribution in [0.2, 0.25) is 0 Å². The maximum Gasteiger partial charge on any atom is 0.266 e. The number of imide groups is 1. The Hall–Kier alpha value is -2.82. The summed E-state index contributed by atoms with van der Waals surface area (Å²) in [4.78, 5) is 26.3. The fourth-order valence-electron chi connectivity index (χ4n) is 2.54.